The van der Waals surface area contributed by atoms with Crippen LogP contribution in [0.1, 0.15) is 43.0 Å². The summed E-state index contributed by atoms with van der Waals surface area (Å²) in [7, 11) is 0. The van der Waals surface area contributed by atoms with Crippen molar-refractivity contribution in [1.29, 1.82) is 0 Å². The number of halogens is 1. The van der Waals surface area contributed by atoms with Crippen LogP contribution in [-0.2, 0) is 4.79 Å². The van der Waals surface area contributed by atoms with Gasteiger partial charge in [0.2, 0.25) is 0 Å². The molecule has 0 aromatic heterocycles. The van der Waals surface area contributed by atoms with Crippen molar-refractivity contribution in [2.24, 2.45) is 0 Å². The molecule has 4 N–H and O–H groups in total. The third-order valence-electron chi connectivity index (χ3n) is 3.85. The van der Waals surface area contributed by atoms with E-state index >= 15 is 0 Å². The topological polar surface area (TPSA) is 82.3 Å². The molecule has 1 aromatic carbocycles. The molecule has 1 aliphatic carbocycles. The summed E-state index contributed by atoms with van der Waals surface area (Å²) in [5.41, 5.74) is 5.47. The standard InChI is InChI=1S/C16H21ClN4O2S/c1-10(18-15(23)12-8-4-5-9-13(12)17)14(22)20-21-16(24)19-11-6-2-3-7-11/h4-5,8-11H,2-3,6-7H2,1H3,(H,18,23)(H,20,22)(H2,19,21,24)/t10-/m0/s1. The third kappa shape index (κ3) is 5.35. The summed E-state index contributed by atoms with van der Waals surface area (Å²) in [5.74, 6) is -0.805. The Morgan fingerprint density at radius 2 is 1.88 bits per heavy atom. The van der Waals surface area contributed by atoms with Gasteiger partial charge in [-0.25, -0.2) is 0 Å². The van der Waals surface area contributed by atoms with E-state index in [1.165, 1.54) is 12.8 Å². The zero-order valence-corrected chi connectivity index (χ0v) is 15.0. The summed E-state index contributed by atoms with van der Waals surface area (Å²) in [5, 5.41) is 6.45. The second kappa shape index (κ2) is 8.84. The van der Waals surface area contributed by atoms with Gasteiger partial charge in [-0.1, -0.05) is 36.6 Å². The summed E-state index contributed by atoms with van der Waals surface area (Å²) in [4.78, 5) is 24.1. The number of hydrogen-bond donors (Lipinski definition) is 4. The molecular weight excluding hydrogens is 348 g/mol. The van der Waals surface area contributed by atoms with Crippen LogP contribution < -0.4 is 21.5 Å². The Morgan fingerprint density at radius 1 is 1.21 bits per heavy atom. The molecule has 2 amide bonds. The van der Waals surface area contributed by atoms with Crippen LogP contribution in [0.3, 0.4) is 0 Å². The molecule has 0 spiro atoms. The van der Waals surface area contributed by atoms with Crippen LogP contribution in [0.15, 0.2) is 24.3 Å². The Bertz CT molecular complexity index is 620. The molecule has 24 heavy (non-hydrogen) atoms. The molecule has 6 nitrogen and oxygen atoms in total. The maximum atomic E-state index is 12.1. The lowest BCUT2D eigenvalue weighted by molar-refractivity contribution is -0.123. The van der Waals surface area contributed by atoms with E-state index < -0.39 is 17.9 Å². The average Bonchev–Trinajstić information content (AvgIpc) is 3.05. The van der Waals surface area contributed by atoms with Crippen molar-refractivity contribution in [2.75, 3.05) is 0 Å². The number of hydrazine groups is 1. The zero-order valence-electron chi connectivity index (χ0n) is 13.4. The predicted octanol–water partition coefficient (Wildman–Crippen LogP) is 1.90. The smallest absolute Gasteiger partial charge is 0.260 e. The first-order valence-corrected chi connectivity index (χ1v) is 8.67. The van der Waals surface area contributed by atoms with Gasteiger partial charge >= 0.3 is 0 Å². The molecule has 2 rings (SSSR count). The predicted molar refractivity (Wildman–Crippen MR) is 97.6 cm³/mol. The van der Waals surface area contributed by atoms with Crippen LogP contribution >= 0.6 is 23.8 Å². The molecule has 1 fully saturated rings. The van der Waals surface area contributed by atoms with Crippen molar-refractivity contribution in [3.05, 3.63) is 34.9 Å². The van der Waals surface area contributed by atoms with Crippen molar-refractivity contribution in [1.82, 2.24) is 21.5 Å². The summed E-state index contributed by atoms with van der Waals surface area (Å²) < 4.78 is 0. The highest BCUT2D eigenvalue weighted by Crippen LogP contribution is 2.17. The summed E-state index contributed by atoms with van der Waals surface area (Å²) in [6, 6.07) is 6.28. The van der Waals surface area contributed by atoms with Crippen molar-refractivity contribution in [3.8, 4) is 0 Å². The van der Waals surface area contributed by atoms with Crippen molar-refractivity contribution in [3.63, 3.8) is 0 Å². The van der Waals surface area contributed by atoms with Crippen molar-refractivity contribution in [2.45, 2.75) is 44.7 Å². The van der Waals surface area contributed by atoms with Crippen molar-refractivity contribution < 1.29 is 9.59 Å². The van der Waals surface area contributed by atoms with Crippen LogP contribution in [0.25, 0.3) is 0 Å². The van der Waals surface area contributed by atoms with Crippen LogP contribution in [-0.4, -0.2) is 29.0 Å². The van der Waals surface area contributed by atoms with Crippen LogP contribution in [0.2, 0.25) is 5.02 Å². The number of carbonyl (C=O) groups excluding carboxylic acids is 2. The number of nitrogens with one attached hydrogen (secondary N) is 4. The quantitative estimate of drug-likeness (QED) is 0.482. The van der Waals surface area contributed by atoms with Gasteiger partial charge in [0, 0.05) is 6.04 Å². The lowest BCUT2D eigenvalue weighted by Gasteiger charge is -2.18. The van der Waals surface area contributed by atoms with Gasteiger partial charge in [0.1, 0.15) is 6.04 Å². The molecule has 0 radical (unpaired) electrons. The van der Waals surface area contributed by atoms with E-state index in [1.807, 2.05) is 0 Å². The largest absolute Gasteiger partial charge is 0.359 e. The number of benzene rings is 1. The maximum Gasteiger partial charge on any atom is 0.260 e. The Hall–Kier alpha value is -1.86. The first-order chi connectivity index (χ1) is 11.5. The monoisotopic (exact) mass is 368 g/mol. The average molecular weight is 369 g/mol. The SMILES string of the molecule is C[C@H](NC(=O)c1ccccc1Cl)C(=O)NNC(=S)NC1CCCC1. The fraction of sp³-hybridized carbons (Fsp3) is 0.438. The highest BCUT2D eigenvalue weighted by atomic mass is 35.5. The minimum absolute atomic E-state index is 0.324. The van der Waals surface area contributed by atoms with E-state index in [9.17, 15) is 9.59 Å². The molecule has 0 unspecified atom stereocenters. The van der Waals surface area contributed by atoms with E-state index in [0.29, 0.717) is 21.7 Å². The molecule has 0 bridgehead atoms. The molecule has 1 saturated carbocycles. The fourth-order valence-electron chi connectivity index (χ4n) is 2.50. The fourth-order valence-corrected chi connectivity index (χ4v) is 2.94. The Labute approximate surface area is 151 Å². The second-order valence-corrected chi connectivity index (χ2v) is 6.56. The minimum atomic E-state index is -0.740. The lowest BCUT2D eigenvalue weighted by atomic mass is 10.2. The Balaban J connectivity index is 1.76. The summed E-state index contributed by atoms with van der Waals surface area (Å²) in [6.45, 7) is 1.58. The van der Waals surface area contributed by atoms with Gasteiger partial charge in [0.05, 0.1) is 10.6 Å². The Kier molecular flexibility index (Phi) is 6.81. The molecule has 1 aromatic rings. The number of thiocarbonyl (C=S) groups is 1. The van der Waals surface area contributed by atoms with Crippen LogP contribution in [0.5, 0.6) is 0 Å². The molecular formula is C16H21ClN4O2S. The molecule has 0 saturated heterocycles. The van der Waals surface area contributed by atoms with Gasteiger partial charge < -0.3 is 10.6 Å². The van der Waals surface area contributed by atoms with E-state index in [1.54, 1.807) is 31.2 Å². The van der Waals surface area contributed by atoms with Gasteiger partial charge in [-0.05, 0) is 44.1 Å². The van der Waals surface area contributed by atoms with Gasteiger partial charge in [-0.2, -0.15) is 0 Å². The van der Waals surface area contributed by atoms with E-state index in [2.05, 4.69) is 21.5 Å². The highest BCUT2D eigenvalue weighted by molar-refractivity contribution is 7.80. The summed E-state index contributed by atoms with van der Waals surface area (Å²) in [6.07, 6.45) is 4.55. The number of amides is 2. The maximum absolute atomic E-state index is 12.1. The first-order valence-electron chi connectivity index (χ1n) is 7.89. The number of carbonyl (C=O) groups is 2. The van der Waals surface area contributed by atoms with E-state index in [-0.39, 0.29) is 0 Å². The molecule has 0 aliphatic heterocycles. The number of hydrogen-bond acceptors (Lipinski definition) is 3. The normalized spacial score (nSPS) is 15.4. The Morgan fingerprint density at radius 3 is 2.54 bits per heavy atom. The third-order valence-corrected chi connectivity index (χ3v) is 4.40. The second-order valence-electron chi connectivity index (χ2n) is 5.74. The number of rotatable bonds is 4. The zero-order chi connectivity index (χ0) is 17.5. The van der Waals surface area contributed by atoms with Gasteiger partial charge in [-0.15, -0.1) is 0 Å². The van der Waals surface area contributed by atoms with Crippen LogP contribution in [0, 0.1) is 0 Å². The molecule has 0 heterocycles. The highest BCUT2D eigenvalue weighted by Gasteiger charge is 2.19. The van der Waals surface area contributed by atoms with Gasteiger partial charge in [-0.3, -0.25) is 20.4 Å². The molecule has 1 atom stereocenters. The first kappa shape index (κ1) is 18.5. The molecule has 130 valence electrons. The van der Waals surface area contributed by atoms with E-state index in [4.69, 9.17) is 23.8 Å². The van der Waals surface area contributed by atoms with Gasteiger partial charge in [0.15, 0.2) is 5.11 Å². The van der Waals surface area contributed by atoms with Gasteiger partial charge in [0.25, 0.3) is 11.8 Å². The van der Waals surface area contributed by atoms with Crippen molar-refractivity contribution >= 4 is 40.7 Å². The minimum Gasteiger partial charge on any atom is -0.359 e. The molecule has 1 aliphatic rings. The molecule has 8 heteroatoms. The van der Waals surface area contributed by atoms with Crippen LogP contribution in [0.4, 0.5) is 0 Å². The van der Waals surface area contributed by atoms with E-state index in [0.717, 1.165) is 12.8 Å². The summed E-state index contributed by atoms with van der Waals surface area (Å²) >= 11 is 11.1. The lowest BCUT2D eigenvalue weighted by Crippen LogP contribution is -2.54.